The van der Waals surface area contributed by atoms with E-state index in [1.54, 1.807) is 4.68 Å². The molecule has 57 heavy (non-hydrogen) atoms. The highest BCUT2D eigenvalue weighted by Crippen LogP contribution is 2.39. The van der Waals surface area contributed by atoms with Gasteiger partial charge in [-0.15, -0.1) is 10.2 Å². The number of benzene rings is 1. The van der Waals surface area contributed by atoms with Crippen molar-refractivity contribution in [1.82, 2.24) is 44.4 Å². The molecule has 1 aromatic carbocycles. The Morgan fingerprint density at radius 2 is 1.67 bits per heavy atom. The quantitative estimate of drug-likeness (QED) is 0.131. The molecule has 2 saturated heterocycles. The molecule has 1 aliphatic carbocycles. The lowest BCUT2D eigenvalue weighted by Crippen LogP contribution is -2.44. The third-order valence-corrected chi connectivity index (χ3v) is 11.5. The van der Waals surface area contributed by atoms with Crippen molar-refractivity contribution in [3.05, 3.63) is 77.9 Å². The number of nitrogens with one attached hydrogen (secondary N) is 2. The summed E-state index contributed by atoms with van der Waals surface area (Å²) in [5, 5.41) is 31.9. The van der Waals surface area contributed by atoms with Gasteiger partial charge < -0.3 is 25.0 Å². The number of carboxylic acid groups (broad SMARTS) is 1. The van der Waals surface area contributed by atoms with Gasteiger partial charge in [-0.1, -0.05) is 51.5 Å². The summed E-state index contributed by atoms with van der Waals surface area (Å²) < 4.78 is 12.5. The monoisotopic (exact) mass is 779 g/mol. The number of nitrogens with zero attached hydrogens (tertiary/aromatic N) is 9. The van der Waals surface area contributed by atoms with E-state index in [0.717, 1.165) is 91.7 Å². The maximum atomic E-state index is 13.8. The van der Waals surface area contributed by atoms with Crippen LogP contribution in [0.25, 0.3) is 11.3 Å². The number of likely N-dealkylation sites (tertiary alicyclic amines) is 1. The first kappa shape index (κ1) is 39.8. The van der Waals surface area contributed by atoms with E-state index in [-0.39, 0.29) is 30.1 Å². The number of rotatable bonds is 9. The van der Waals surface area contributed by atoms with E-state index in [9.17, 15) is 4.79 Å². The number of piperidine rings is 2. The second-order valence-corrected chi connectivity index (χ2v) is 16.6. The first-order valence-electron chi connectivity index (χ1n) is 20.4. The summed E-state index contributed by atoms with van der Waals surface area (Å²) in [7, 11) is 0. The fraction of sp³-hybridized carbons (Fsp3) is 0.524. The normalized spacial score (nSPS) is 21.3. The summed E-state index contributed by atoms with van der Waals surface area (Å²) >= 11 is 0. The highest BCUT2D eigenvalue weighted by Gasteiger charge is 2.32. The Morgan fingerprint density at radius 3 is 2.40 bits per heavy atom. The Morgan fingerprint density at radius 1 is 0.930 bits per heavy atom. The van der Waals surface area contributed by atoms with E-state index in [4.69, 9.17) is 19.7 Å². The minimum Gasteiger partial charge on any atom is -0.484 e. The maximum absolute atomic E-state index is 13.8. The van der Waals surface area contributed by atoms with Crippen LogP contribution in [0.3, 0.4) is 0 Å². The average Bonchev–Trinajstić information content (AvgIpc) is 3.95. The van der Waals surface area contributed by atoms with Crippen molar-refractivity contribution in [3.63, 3.8) is 0 Å². The van der Waals surface area contributed by atoms with E-state index in [1.165, 1.54) is 25.7 Å². The molecule has 0 saturated carbocycles. The number of amides is 2. The van der Waals surface area contributed by atoms with Gasteiger partial charge in [0.2, 0.25) is 5.95 Å². The number of hydrogen-bond acceptors (Lipinski definition) is 9. The molecule has 8 rings (SSSR count). The lowest BCUT2D eigenvalue weighted by molar-refractivity contribution is -0.122. The summed E-state index contributed by atoms with van der Waals surface area (Å²) in [4.78, 5) is 27.0. The molecular weight excluding hydrogens is 723 g/mol. The third kappa shape index (κ3) is 9.08. The van der Waals surface area contributed by atoms with Gasteiger partial charge in [0.05, 0.1) is 36.9 Å². The number of pyridine rings is 1. The van der Waals surface area contributed by atoms with Crippen LogP contribution in [0.1, 0.15) is 115 Å². The van der Waals surface area contributed by atoms with Crippen LogP contribution in [-0.2, 0) is 16.8 Å². The number of carbonyl (C=O) groups is 2. The SMILES string of the molecule is C[C@@H]1CCC[C@H](C)N1c1nnc2ccc(O[C@@H]3CC[C@H](NC(=O)Nc4cc(C(C)(C)C)nn4-c4cnn(CCN5CCCCC5)c4)c4ccccc43)cn12.O=CO. The molecule has 2 amide bonds. The number of ether oxygens (including phenoxy) is 1. The van der Waals surface area contributed by atoms with Crippen molar-refractivity contribution < 1.29 is 19.4 Å². The molecular formula is C42H57N11O4. The largest absolute Gasteiger partial charge is 0.484 e. The molecule has 15 heteroatoms. The number of fused-ring (bicyclic) bond motifs is 2. The zero-order valence-electron chi connectivity index (χ0n) is 33.8. The Hall–Kier alpha value is -5.44. The number of hydrogen-bond donors (Lipinski definition) is 3. The molecule has 4 atom stereocenters. The van der Waals surface area contributed by atoms with E-state index < -0.39 is 0 Å². The van der Waals surface area contributed by atoms with Gasteiger partial charge >= 0.3 is 6.03 Å². The molecule has 6 heterocycles. The van der Waals surface area contributed by atoms with E-state index in [0.29, 0.717) is 17.9 Å². The first-order chi connectivity index (χ1) is 27.5. The Labute approximate surface area is 334 Å². The van der Waals surface area contributed by atoms with Gasteiger partial charge in [-0.05, 0) is 95.1 Å². The lowest BCUT2D eigenvalue weighted by atomic mass is 9.85. The molecule has 304 valence electrons. The van der Waals surface area contributed by atoms with Crippen molar-refractivity contribution in [2.75, 3.05) is 29.9 Å². The van der Waals surface area contributed by atoms with Gasteiger partial charge in [0.1, 0.15) is 23.4 Å². The maximum Gasteiger partial charge on any atom is 0.320 e. The fourth-order valence-corrected chi connectivity index (χ4v) is 8.46. The molecule has 3 aliphatic rings. The van der Waals surface area contributed by atoms with Crippen molar-refractivity contribution >= 4 is 29.9 Å². The van der Waals surface area contributed by atoms with Crippen molar-refractivity contribution in [3.8, 4) is 11.4 Å². The van der Waals surface area contributed by atoms with E-state index in [1.807, 2.05) is 53.6 Å². The third-order valence-electron chi connectivity index (χ3n) is 11.5. The van der Waals surface area contributed by atoms with Crippen LogP contribution < -0.4 is 20.3 Å². The van der Waals surface area contributed by atoms with E-state index in [2.05, 4.69) is 86.9 Å². The minimum atomic E-state index is -0.278. The van der Waals surface area contributed by atoms with Crippen LogP contribution in [0.2, 0.25) is 0 Å². The molecule has 4 aromatic heterocycles. The van der Waals surface area contributed by atoms with Gasteiger partial charge in [0.25, 0.3) is 6.47 Å². The van der Waals surface area contributed by atoms with Crippen LogP contribution in [0.15, 0.2) is 61.1 Å². The van der Waals surface area contributed by atoms with Crippen molar-refractivity contribution in [1.29, 1.82) is 0 Å². The second kappa shape index (κ2) is 17.4. The summed E-state index contributed by atoms with van der Waals surface area (Å²) in [6.45, 7) is 14.8. The standard InChI is InChI=1S/C41H55N11O2.CH2O2/c1-28-12-11-13-29(2)51(28)40-46-45-37-19-16-31(27-50(37)40)54-35-18-17-34(32-14-7-8-15-33(32)35)43-39(53)44-38-24-36(41(3,4)5)47-52(38)30-25-42-49(26-30)23-22-48-20-9-6-10-21-48;2-1-3/h7-8,14-16,19,24-29,34-35H,6,9-13,17-18,20-23H2,1-5H3,(H2,43,44,53);1H,(H,2,3)/t28-,29+,34-,35+;/m0./s1. The fourth-order valence-electron chi connectivity index (χ4n) is 8.46. The van der Waals surface area contributed by atoms with Gasteiger partial charge in [0.15, 0.2) is 5.65 Å². The predicted octanol–water partition coefficient (Wildman–Crippen LogP) is 7.14. The van der Waals surface area contributed by atoms with Gasteiger partial charge in [-0.25, -0.2) is 9.48 Å². The van der Waals surface area contributed by atoms with E-state index >= 15 is 0 Å². The zero-order valence-corrected chi connectivity index (χ0v) is 33.8. The van der Waals surface area contributed by atoms with Crippen LogP contribution in [0.5, 0.6) is 5.75 Å². The smallest absolute Gasteiger partial charge is 0.320 e. The number of carbonyl (C=O) groups excluding carboxylic acids is 1. The number of urea groups is 1. The van der Waals surface area contributed by atoms with Gasteiger partial charge in [-0.2, -0.15) is 10.2 Å². The Bertz CT molecular complexity index is 2120. The Kier molecular flexibility index (Phi) is 12.1. The molecule has 0 radical (unpaired) electrons. The van der Waals surface area contributed by atoms with Crippen molar-refractivity contribution in [2.24, 2.45) is 0 Å². The summed E-state index contributed by atoms with van der Waals surface area (Å²) in [5.41, 5.74) is 4.44. The predicted molar refractivity (Wildman–Crippen MR) is 219 cm³/mol. The molecule has 0 bridgehead atoms. The molecule has 15 nitrogen and oxygen atoms in total. The van der Waals surface area contributed by atoms with Crippen LogP contribution >= 0.6 is 0 Å². The second-order valence-electron chi connectivity index (χ2n) is 16.6. The molecule has 3 N–H and O–H groups in total. The zero-order chi connectivity index (χ0) is 40.1. The minimum absolute atomic E-state index is 0.158. The lowest BCUT2D eigenvalue weighted by Gasteiger charge is -2.39. The van der Waals surface area contributed by atoms with Crippen LogP contribution in [0, 0.1) is 0 Å². The Balaban J connectivity index is 0.00000160. The highest BCUT2D eigenvalue weighted by atomic mass is 16.5. The van der Waals surface area contributed by atoms with Gasteiger partial charge in [-0.3, -0.25) is 19.2 Å². The number of aromatic nitrogens is 7. The molecule has 0 unspecified atom stereocenters. The highest BCUT2D eigenvalue weighted by molar-refractivity contribution is 5.89. The molecule has 2 fully saturated rings. The topological polar surface area (TPSA) is 160 Å². The van der Waals surface area contributed by atoms with Gasteiger partial charge in [0, 0.05) is 30.1 Å². The summed E-state index contributed by atoms with van der Waals surface area (Å²) in [6, 6.07) is 14.5. The van der Waals surface area contributed by atoms with Crippen molar-refractivity contribution in [2.45, 2.75) is 122 Å². The average molecular weight is 780 g/mol. The molecule has 2 aliphatic heterocycles. The van der Waals surface area contributed by atoms with Crippen LogP contribution in [-0.4, -0.2) is 88.4 Å². The summed E-state index contributed by atoms with van der Waals surface area (Å²) in [6.07, 6.45) is 14.6. The van der Waals surface area contributed by atoms with Crippen LogP contribution in [0.4, 0.5) is 16.6 Å². The first-order valence-corrected chi connectivity index (χ1v) is 20.4. The summed E-state index contributed by atoms with van der Waals surface area (Å²) in [5.74, 6) is 2.24. The number of anilines is 2. The molecule has 5 aromatic rings. The molecule has 0 spiro atoms.